The summed E-state index contributed by atoms with van der Waals surface area (Å²) in [6.07, 6.45) is 0. The van der Waals surface area contributed by atoms with E-state index in [2.05, 4.69) is 0 Å². The number of carbonyl (C=O) groups excluding carboxylic acids is 6. The quantitative estimate of drug-likeness (QED) is 0.158. The van der Waals surface area contributed by atoms with E-state index < -0.39 is 17.9 Å². The third-order valence-corrected chi connectivity index (χ3v) is 7.28. The van der Waals surface area contributed by atoms with Crippen LogP contribution in [-0.2, 0) is 17.1 Å². The van der Waals surface area contributed by atoms with Gasteiger partial charge in [-0.25, -0.2) is 0 Å². The first-order valence-corrected chi connectivity index (χ1v) is 15.3. The van der Waals surface area contributed by atoms with Crippen molar-refractivity contribution in [1.29, 1.82) is 0 Å². The minimum atomic E-state index is -1.34. The van der Waals surface area contributed by atoms with E-state index in [-0.39, 0.29) is 67.8 Å². The molecule has 0 heterocycles. The normalized spacial score (nSPS) is 9.69. The Balaban J connectivity index is 0.000000208. The Morgan fingerprint density at radius 3 is 0.635 bits per heavy atom. The molecule has 0 unspecified atom stereocenters. The molecule has 6 aromatic carbocycles. The van der Waals surface area contributed by atoms with Crippen molar-refractivity contribution in [3.05, 3.63) is 214 Å². The zero-order chi connectivity index (χ0) is 36.8. The molecule has 257 valence electrons. The topological polar surface area (TPSA) is 172 Å². The second kappa shape index (κ2) is 19.4. The largest absolute Gasteiger partial charge is 3.00 e. The van der Waals surface area contributed by atoms with Crippen LogP contribution in [0.1, 0.15) is 78.8 Å². The average Bonchev–Trinajstić information content (AvgIpc) is 3.18. The minimum Gasteiger partial charge on any atom is -0.545 e. The Labute approximate surface area is 309 Å². The second-order valence-corrected chi connectivity index (χ2v) is 10.6. The van der Waals surface area contributed by atoms with E-state index >= 15 is 0 Å². The van der Waals surface area contributed by atoms with E-state index in [1.54, 1.807) is 127 Å². The summed E-state index contributed by atoms with van der Waals surface area (Å²) < 4.78 is 0. The van der Waals surface area contributed by atoms with Crippen LogP contribution >= 0.6 is 0 Å². The Morgan fingerprint density at radius 1 is 0.269 bits per heavy atom. The predicted molar refractivity (Wildman–Crippen MR) is 182 cm³/mol. The molecule has 0 atom stereocenters. The maximum absolute atomic E-state index is 12.1. The van der Waals surface area contributed by atoms with Gasteiger partial charge in [-0.1, -0.05) is 164 Å². The van der Waals surface area contributed by atoms with Crippen molar-refractivity contribution in [3.63, 3.8) is 0 Å². The first-order valence-electron chi connectivity index (χ1n) is 15.3. The van der Waals surface area contributed by atoms with Crippen molar-refractivity contribution in [3.8, 4) is 0 Å². The zero-order valence-corrected chi connectivity index (χ0v) is 28.2. The number of hydrogen-bond acceptors (Lipinski definition) is 9. The summed E-state index contributed by atoms with van der Waals surface area (Å²) in [5, 5.41) is 32.7. The monoisotopic (exact) mass is 731 g/mol. The third kappa shape index (κ3) is 10.4. The van der Waals surface area contributed by atoms with Gasteiger partial charge >= 0.3 is 17.1 Å². The fourth-order valence-corrected chi connectivity index (χ4v) is 4.81. The molecule has 0 bridgehead atoms. The summed E-state index contributed by atoms with van der Waals surface area (Å²) in [4.78, 5) is 68.9. The number of carboxylic acid groups (broad SMARTS) is 3. The summed E-state index contributed by atoms with van der Waals surface area (Å²) in [7, 11) is 0. The number of aromatic carboxylic acids is 3. The van der Waals surface area contributed by atoms with Crippen LogP contribution in [0.4, 0.5) is 0 Å². The second-order valence-electron chi connectivity index (χ2n) is 10.6. The van der Waals surface area contributed by atoms with Gasteiger partial charge in [-0.05, 0) is 0 Å². The van der Waals surface area contributed by atoms with E-state index in [0.717, 1.165) is 0 Å². The van der Waals surface area contributed by atoms with Crippen LogP contribution in [0.3, 0.4) is 0 Å². The molecule has 6 aromatic rings. The van der Waals surface area contributed by atoms with Gasteiger partial charge in [-0.15, -0.1) is 0 Å². The standard InChI is InChI=1S/3C14H10O3.Fe/c3*15-13(10-6-2-1-3-7-10)11-8-4-5-9-12(11)14(16)17;/h3*1-9H,(H,16,17);/q;;;+3/p-3. The SMILES string of the molecule is O=C([O-])c1ccccc1C(=O)c1ccccc1.O=C([O-])c1ccccc1C(=O)c1ccccc1.O=C([O-])c1ccccc1C(=O)c1ccccc1.[Fe+3]. The Kier molecular flexibility index (Phi) is 14.8. The minimum absolute atomic E-state index is 0. The van der Waals surface area contributed by atoms with Crippen LogP contribution in [0.15, 0.2) is 164 Å². The van der Waals surface area contributed by atoms with Gasteiger partial charge in [0.15, 0.2) is 17.3 Å². The van der Waals surface area contributed by atoms with Crippen molar-refractivity contribution < 1.29 is 61.2 Å². The summed E-state index contributed by atoms with van der Waals surface area (Å²) in [6.45, 7) is 0. The molecule has 9 nitrogen and oxygen atoms in total. The molecule has 0 aliphatic heterocycles. The van der Waals surface area contributed by atoms with Crippen LogP contribution in [0.5, 0.6) is 0 Å². The van der Waals surface area contributed by atoms with Crippen molar-refractivity contribution >= 4 is 35.3 Å². The predicted octanol–water partition coefficient (Wildman–Crippen LogP) is 3.84. The molecule has 0 aliphatic rings. The fraction of sp³-hybridized carbons (Fsp3) is 0. The molecule has 0 aromatic heterocycles. The zero-order valence-electron chi connectivity index (χ0n) is 27.1. The van der Waals surface area contributed by atoms with Gasteiger partial charge in [0.25, 0.3) is 0 Å². The summed E-state index contributed by atoms with van der Waals surface area (Å²) >= 11 is 0. The molecule has 6 rings (SSSR count). The summed E-state index contributed by atoms with van der Waals surface area (Å²) in [5.41, 5.74) is 1.59. The first kappa shape index (κ1) is 39.7. The van der Waals surface area contributed by atoms with Gasteiger partial charge in [-0.3, -0.25) is 14.4 Å². The van der Waals surface area contributed by atoms with Gasteiger partial charge in [0.05, 0.1) is 17.9 Å². The fourth-order valence-electron chi connectivity index (χ4n) is 4.81. The van der Waals surface area contributed by atoms with E-state index in [1.807, 2.05) is 0 Å². The Hall–Kier alpha value is -6.74. The van der Waals surface area contributed by atoms with Crippen molar-refractivity contribution in [2.45, 2.75) is 0 Å². The first-order chi connectivity index (χ1) is 24.6. The van der Waals surface area contributed by atoms with Crippen LogP contribution in [0.2, 0.25) is 0 Å². The van der Waals surface area contributed by atoms with E-state index in [9.17, 15) is 44.1 Å². The number of hydrogen-bond donors (Lipinski definition) is 0. The van der Waals surface area contributed by atoms with E-state index in [1.165, 1.54) is 36.4 Å². The molecular weight excluding hydrogens is 704 g/mol. The molecular formula is C42H27FeO9. The number of rotatable bonds is 9. The number of carbonyl (C=O) groups is 6. The molecule has 0 spiro atoms. The van der Waals surface area contributed by atoms with Crippen LogP contribution in [0.25, 0.3) is 0 Å². The van der Waals surface area contributed by atoms with Crippen LogP contribution in [-0.4, -0.2) is 35.3 Å². The maximum atomic E-state index is 12.1. The molecule has 0 saturated heterocycles. The Bertz CT molecular complexity index is 1930. The molecule has 1 radical (unpaired) electrons. The van der Waals surface area contributed by atoms with Crippen LogP contribution in [0, 0.1) is 0 Å². The summed E-state index contributed by atoms with van der Waals surface area (Å²) in [5.74, 6) is -4.97. The van der Waals surface area contributed by atoms with Crippen molar-refractivity contribution in [2.24, 2.45) is 0 Å². The number of ketones is 3. The van der Waals surface area contributed by atoms with Gasteiger partial charge in [-0.2, -0.15) is 0 Å². The number of benzene rings is 6. The molecule has 0 fully saturated rings. The maximum Gasteiger partial charge on any atom is 3.00 e. The van der Waals surface area contributed by atoms with Gasteiger partial charge in [0.2, 0.25) is 0 Å². The molecule has 10 heteroatoms. The van der Waals surface area contributed by atoms with Crippen molar-refractivity contribution in [1.82, 2.24) is 0 Å². The van der Waals surface area contributed by atoms with Gasteiger partial charge < -0.3 is 29.7 Å². The van der Waals surface area contributed by atoms with E-state index in [4.69, 9.17) is 0 Å². The van der Waals surface area contributed by atoms with E-state index in [0.29, 0.717) is 16.7 Å². The molecule has 0 N–H and O–H groups in total. The Morgan fingerprint density at radius 2 is 0.442 bits per heavy atom. The molecule has 0 amide bonds. The molecule has 52 heavy (non-hydrogen) atoms. The van der Waals surface area contributed by atoms with Gasteiger partial charge in [0, 0.05) is 50.1 Å². The average molecular weight is 732 g/mol. The molecule has 0 saturated carbocycles. The van der Waals surface area contributed by atoms with Gasteiger partial charge in [0.1, 0.15) is 0 Å². The molecule has 0 aliphatic carbocycles. The summed E-state index contributed by atoms with van der Waals surface area (Å²) in [6, 6.07) is 43.8. The van der Waals surface area contributed by atoms with Crippen LogP contribution < -0.4 is 15.3 Å². The van der Waals surface area contributed by atoms with Crippen molar-refractivity contribution in [2.75, 3.05) is 0 Å². The smallest absolute Gasteiger partial charge is 0.545 e. The number of carboxylic acids is 3. The third-order valence-electron chi connectivity index (χ3n) is 7.28.